The molecular formula is C11H10ClFN2. The Morgan fingerprint density at radius 1 is 1.40 bits per heavy atom. The molecule has 0 aliphatic carbocycles. The maximum atomic E-state index is 13.5. The summed E-state index contributed by atoms with van der Waals surface area (Å²) in [5, 5.41) is 4.13. The quantitative estimate of drug-likeness (QED) is 0.845. The molecule has 4 heteroatoms. The molecule has 0 saturated carbocycles. The van der Waals surface area contributed by atoms with Crippen molar-refractivity contribution in [3.8, 4) is 0 Å². The molecule has 1 N–H and O–H groups in total. The van der Waals surface area contributed by atoms with Crippen molar-refractivity contribution in [3.63, 3.8) is 0 Å². The second-order valence-corrected chi connectivity index (χ2v) is 3.62. The molecule has 0 unspecified atom stereocenters. The van der Waals surface area contributed by atoms with E-state index in [0.717, 1.165) is 6.54 Å². The van der Waals surface area contributed by atoms with E-state index in [1.54, 1.807) is 12.1 Å². The SMILES string of the molecule is CCNc1ccc2cc(Cl)cc(F)c2n1. The molecule has 1 aromatic heterocycles. The molecular weight excluding hydrogens is 215 g/mol. The summed E-state index contributed by atoms with van der Waals surface area (Å²) in [5.74, 6) is 0.281. The molecule has 78 valence electrons. The topological polar surface area (TPSA) is 24.9 Å². The van der Waals surface area contributed by atoms with Gasteiger partial charge in [0.1, 0.15) is 11.3 Å². The van der Waals surface area contributed by atoms with E-state index in [0.29, 0.717) is 21.7 Å². The zero-order valence-electron chi connectivity index (χ0n) is 8.22. The lowest BCUT2D eigenvalue weighted by Gasteiger charge is -2.04. The molecule has 0 atom stereocenters. The normalized spacial score (nSPS) is 10.6. The summed E-state index contributed by atoms with van der Waals surface area (Å²) in [6.07, 6.45) is 0. The van der Waals surface area contributed by atoms with E-state index >= 15 is 0 Å². The van der Waals surface area contributed by atoms with Crippen molar-refractivity contribution in [2.45, 2.75) is 6.92 Å². The third-order valence-electron chi connectivity index (χ3n) is 2.07. The van der Waals surface area contributed by atoms with Gasteiger partial charge in [0.15, 0.2) is 5.82 Å². The second kappa shape index (κ2) is 4.03. The van der Waals surface area contributed by atoms with E-state index < -0.39 is 5.82 Å². The first kappa shape index (κ1) is 10.2. The van der Waals surface area contributed by atoms with Crippen LogP contribution in [0.15, 0.2) is 24.3 Å². The van der Waals surface area contributed by atoms with Crippen molar-refractivity contribution in [2.75, 3.05) is 11.9 Å². The number of nitrogens with one attached hydrogen (secondary N) is 1. The largest absolute Gasteiger partial charge is 0.370 e. The lowest BCUT2D eigenvalue weighted by molar-refractivity contribution is 0.637. The maximum Gasteiger partial charge on any atom is 0.150 e. The molecule has 0 bridgehead atoms. The van der Waals surface area contributed by atoms with Gasteiger partial charge in [0.25, 0.3) is 0 Å². The van der Waals surface area contributed by atoms with E-state index in [9.17, 15) is 4.39 Å². The highest BCUT2D eigenvalue weighted by Crippen LogP contribution is 2.22. The standard InChI is InChI=1S/C11H10ClFN2/c1-2-14-10-4-3-7-5-8(12)6-9(13)11(7)15-10/h3-6H,2H2,1H3,(H,14,15). The van der Waals surface area contributed by atoms with Gasteiger partial charge in [-0.15, -0.1) is 0 Å². The van der Waals surface area contributed by atoms with Gasteiger partial charge in [0.2, 0.25) is 0 Å². The van der Waals surface area contributed by atoms with Crippen LogP contribution in [0.3, 0.4) is 0 Å². The molecule has 2 nitrogen and oxygen atoms in total. The van der Waals surface area contributed by atoms with Gasteiger partial charge in [0, 0.05) is 17.0 Å². The Morgan fingerprint density at radius 2 is 2.20 bits per heavy atom. The first-order chi connectivity index (χ1) is 7.20. The molecule has 1 aromatic carbocycles. The minimum absolute atomic E-state index is 0.345. The summed E-state index contributed by atoms with van der Waals surface area (Å²) in [5.41, 5.74) is 0.345. The minimum Gasteiger partial charge on any atom is -0.370 e. The number of aromatic nitrogens is 1. The number of hydrogen-bond donors (Lipinski definition) is 1. The van der Waals surface area contributed by atoms with E-state index in [4.69, 9.17) is 11.6 Å². The van der Waals surface area contributed by atoms with Crippen molar-refractivity contribution in [1.82, 2.24) is 4.98 Å². The van der Waals surface area contributed by atoms with Crippen LogP contribution in [0.5, 0.6) is 0 Å². The van der Waals surface area contributed by atoms with Gasteiger partial charge in [-0.3, -0.25) is 0 Å². The van der Waals surface area contributed by atoms with Crippen LogP contribution in [0.2, 0.25) is 5.02 Å². The molecule has 0 spiro atoms. The number of benzene rings is 1. The lowest BCUT2D eigenvalue weighted by Crippen LogP contribution is -1.99. The van der Waals surface area contributed by atoms with Gasteiger partial charge in [-0.1, -0.05) is 11.6 Å². The number of rotatable bonds is 2. The molecule has 2 aromatic rings. The molecule has 0 radical (unpaired) electrons. The highest BCUT2D eigenvalue weighted by molar-refractivity contribution is 6.31. The summed E-state index contributed by atoms with van der Waals surface area (Å²) < 4.78 is 13.5. The number of hydrogen-bond acceptors (Lipinski definition) is 2. The van der Waals surface area contributed by atoms with Crippen LogP contribution in [0, 0.1) is 5.82 Å². The Labute approximate surface area is 92.1 Å². The van der Waals surface area contributed by atoms with Crippen LogP contribution in [-0.2, 0) is 0 Å². The zero-order chi connectivity index (χ0) is 10.8. The number of halogens is 2. The Balaban J connectivity index is 2.60. The summed E-state index contributed by atoms with van der Waals surface area (Å²) >= 11 is 5.74. The summed E-state index contributed by atoms with van der Waals surface area (Å²) in [6, 6.07) is 6.58. The van der Waals surface area contributed by atoms with Gasteiger partial charge in [0.05, 0.1) is 0 Å². The van der Waals surface area contributed by atoms with E-state index in [1.807, 2.05) is 13.0 Å². The van der Waals surface area contributed by atoms with Crippen molar-refractivity contribution >= 4 is 28.3 Å². The minimum atomic E-state index is -0.391. The number of anilines is 1. The Morgan fingerprint density at radius 3 is 2.93 bits per heavy atom. The predicted molar refractivity (Wildman–Crippen MR) is 60.9 cm³/mol. The second-order valence-electron chi connectivity index (χ2n) is 3.19. The van der Waals surface area contributed by atoms with Gasteiger partial charge in [-0.25, -0.2) is 9.37 Å². The fraction of sp³-hybridized carbons (Fsp3) is 0.182. The summed E-state index contributed by atoms with van der Waals surface area (Å²) in [6.45, 7) is 2.72. The monoisotopic (exact) mass is 224 g/mol. The molecule has 2 rings (SSSR count). The van der Waals surface area contributed by atoms with Crippen molar-refractivity contribution in [2.24, 2.45) is 0 Å². The molecule has 15 heavy (non-hydrogen) atoms. The Hall–Kier alpha value is -1.35. The van der Waals surface area contributed by atoms with Crippen LogP contribution in [0.4, 0.5) is 10.2 Å². The summed E-state index contributed by atoms with van der Waals surface area (Å²) in [7, 11) is 0. The van der Waals surface area contributed by atoms with E-state index in [-0.39, 0.29) is 0 Å². The summed E-state index contributed by atoms with van der Waals surface area (Å²) in [4.78, 5) is 4.16. The first-order valence-electron chi connectivity index (χ1n) is 4.70. The van der Waals surface area contributed by atoms with Crippen LogP contribution in [0.25, 0.3) is 10.9 Å². The molecule has 0 aliphatic rings. The van der Waals surface area contributed by atoms with Crippen molar-refractivity contribution in [1.29, 1.82) is 0 Å². The lowest BCUT2D eigenvalue weighted by atomic mass is 10.2. The number of nitrogens with zero attached hydrogens (tertiary/aromatic N) is 1. The number of fused-ring (bicyclic) bond motifs is 1. The van der Waals surface area contributed by atoms with Crippen LogP contribution in [0.1, 0.15) is 6.92 Å². The van der Waals surface area contributed by atoms with Gasteiger partial charge in [-0.05, 0) is 31.2 Å². The van der Waals surface area contributed by atoms with Gasteiger partial charge in [-0.2, -0.15) is 0 Å². The first-order valence-corrected chi connectivity index (χ1v) is 5.08. The highest BCUT2D eigenvalue weighted by Gasteiger charge is 2.05. The fourth-order valence-corrected chi connectivity index (χ4v) is 1.65. The molecule has 0 fully saturated rings. The molecule has 0 amide bonds. The van der Waals surface area contributed by atoms with Crippen LogP contribution in [-0.4, -0.2) is 11.5 Å². The molecule has 1 heterocycles. The molecule has 0 saturated heterocycles. The third kappa shape index (κ3) is 2.02. The average Bonchev–Trinajstić information content (AvgIpc) is 2.19. The van der Waals surface area contributed by atoms with Crippen molar-refractivity contribution < 1.29 is 4.39 Å². The average molecular weight is 225 g/mol. The zero-order valence-corrected chi connectivity index (χ0v) is 8.98. The number of pyridine rings is 1. The van der Waals surface area contributed by atoms with Crippen LogP contribution < -0.4 is 5.32 Å². The maximum absolute atomic E-state index is 13.5. The predicted octanol–water partition coefficient (Wildman–Crippen LogP) is 3.46. The van der Waals surface area contributed by atoms with E-state index in [2.05, 4.69) is 10.3 Å². The van der Waals surface area contributed by atoms with Gasteiger partial charge < -0.3 is 5.32 Å². The Kier molecular flexibility index (Phi) is 2.73. The van der Waals surface area contributed by atoms with E-state index in [1.165, 1.54) is 6.07 Å². The van der Waals surface area contributed by atoms with Crippen molar-refractivity contribution in [3.05, 3.63) is 35.1 Å². The Bertz CT molecular complexity index is 499. The van der Waals surface area contributed by atoms with Gasteiger partial charge >= 0.3 is 0 Å². The highest BCUT2D eigenvalue weighted by atomic mass is 35.5. The third-order valence-corrected chi connectivity index (χ3v) is 2.29. The smallest absolute Gasteiger partial charge is 0.150 e. The molecule has 0 aliphatic heterocycles. The van der Waals surface area contributed by atoms with Crippen LogP contribution >= 0.6 is 11.6 Å². The fourth-order valence-electron chi connectivity index (χ4n) is 1.44.